The van der Waals surface area contributed by atoms with E-state index in [4.69, 9.17) is 9.51 Å². The topological polar surface area (TPSA) is 77.8 Å². The van der Waals surface area contributed by atoms with Crippen LogP contribution in [0, 0.1) is 0 Å². The largest absolute Gasteiger partial charge is 0.350 e. The van der Waals surface area contributed by atoms with E-state index in [1.165, 1.54) is 16.5 Å². The van der Waals surface area contributed by atoms with Gasteiger partial charge in [0.15, 0.2) is 0 Å². The summed E-state index contributed by atoms with van der Waals surface area (Å²) in [6.07, 6.45) is 11.4. The van der Waals surface area contributed by atoms with Crippen LogP contribution >= 0.6 is 0 Å². The number of benzene rings is 1. The van der Waals surface area contributed by atoms with Crippen LogP contribution in [-0.2, 0) is 13.6 Å². The van der Waals surface area contributed by atoms with Crippen LogP contribution in [0.4, 0.5) is 0 Å². The van der Waals surface area contributed by atoms with Gasteiger partial charge in [-0.15, -0.1) is 0 Å². The van der Waals surface area contributed by atoms with Crippen LogP contribution < -0.4 is 0 Å². The molecule has 1 aliphatic heterocycles. The first-order chi connectivity index (χ1) is 15.8. The molecule has 1 saturated heterocycles. The summed E-state index contributed by atoms with van der Waals surface area (Å²) >= 11 is 0. The first-order valence-electron chi connectivity index (χ1n) is 10.8. The fraction of sp³-hybridized carbons (Fsp3) is 0.250. The van der Waals surface area contributed by atoms with E-state index < -0.39 is 0 Å². The molecule has 32 heavy (non-hydrogen) atoms. The van der Waals surface area contributed by atoms with Crippen LogP contribution in [0.3, 0.4) is 0 Å². The molecule has 5 heterocycles. The molecule has 5 aromatic rings. The summed E-state index contributed by atoms with van der Waals surface area (Å²) in [6.45, 7) is 1.89. The molecule has 0 unspecified atom stereocenters. The number of likely N-dealkylation sites (tertiary alicyclic amines) is 1. The number of fused-ring (bicyclic) bond motifs is 1. The average Bonchev–Trinajstić information content (AvgIpc) is 3.63. The maximum absolute atomic E-state index is 5.72. The van der Waals surface area contributed by atoms with Crippen LogP contribution in [0.2, 0.25) is 0 Å². The third-order valence-electron chi connectivity index (χ3n) is 6.22. The molecule has 8 heteroatoms. The highest BCUT2D eigenvalue weighted by molar-refractivity contribution is 5.83. The molecule has 6 rings (SSSR count). The number of hydrogen-bond acceptors (Lipinski definition) is 6. The molecule has 0 bridgehead atoms. The lowest BCUT2D eigenvalue weighted by Gasteiger charge is -2.21. The molecule has 8 nitrogen and oxygen atoms in total. The molecule has 1 aliphatic rings. The molecule has 0 N–H and O–H groups in total. The molecule has 0 radical (unpaired) electrons. The maximum Gasteiger partial charge on any atom is 0.244 e. The Labute approximate surface area is 185 Å². The van der Waals surface area contributed by atoms with Crippen LogP contribution in [0.1, 0.15) is 30.3 Å². The average molecular weight is 425 g/mol. The van der Waals surface area contributed by atoms with Crippen LogP contribution in [0.15, 0.2) is 72.0 Å². The minimum Gasteiger partial charge on any atom is -0.350 e. The molecule has 1 atom stereocenters. The summed E-state index contributed by atoms with van der Waals surface area (Å²) in [6, 6.07) is 12.6. The molecule has 160 valence electrons. The van der Waals surface area contributed by atoms with Gasteiger partial charge in [0, 0.05) is 54.8 Å². The molecular weight excluding hydrogens is 402 g/mol. The number of imidazole rings is 1. The third-order valence-corrected chi connectivity index (χ3v) is 6.22. The summed E-state index contributed by atoms with van der Waals surface area (Å²) < 4.78 is 9.77. The van der Waals surface area contributed by atoms with Crippen LogP contribution in [0.5, 0.6) is 0 Å². The Hall–Kier alpha value is -3.78. The van der Waals surface area contributed by atoms with E-state index in [1.54, 1.807) is 18.7 Å². The number of para-hydroxylation sites is 1. The van der Waals surface area contributed by atoms with Crippen molar-refractivity contribution < 1.29 is 4.52 Å². The second-order valence-electron chi connectivity index (χ2n) is 8.24. The summed E-state index contributed by atoms with van der Waals surface area (Å²) in [5.41, 5.74) is 3.42. The smallest absolute Gasteiger partial charge is 0.244 e. The second-order valence-corrected chi connectivity index (χ2v) is 8.24. The summed E-state index contributed by atoms with van der Waals surface area (Å²) in [5.74, 6) is 2.05. The van der Waals surface area contributed by atoms with E-state index >= 15 is 0 Å². The van der Waals surface area contributed by atoms with Crippen molar-refractivity contribution in [1.29, 1.82) is 0 Å². The van der Waals surface area contributed by atoms with Gasteiger partial charge in [0.1, 0.15) is 12.1 Å². The van der Waals surface area contributed by atoms with Crippen molar-refractivity contribution in [3.8, 4) is 17.2 Å². The molecule has 0 aliphatic carbocycles. The standard InChI is InChI=1S/C24H23N7O/c1-29-14-18(19-5-2-3-6-20(19)29)15-30-11-4-7-21(30)24-27-23(28-32-24)17-8-9-22(26-13-17)31-12-10-25-16-31/h2-3,5-6,8-10,12-14,16,21H,4,7,11,15H2,1H3/t21-/m0/s1. The zero-order valence-electron chi connectivity index (χ0n) is 17.8. The van der Waals surface area contributed by atoms with Gasteiger partial charge >= 0.3 is 0 Å². The summed E-state index contributed by atoms with van der Waals surface area (Å²) in [7, 11) is 2.10. The Morgan fingerprint density at radius 1 is 1.16 bits per heavy atom. The van der Waals surface area contributed by atoms with Crippen molar-refractivity contribution in [3.05, 3.63) is 79.0 Å². The summed E-state index contributed by atoms with van der Waals surface area (Å²) in [5, 5.41) is 5.54. The predicted molar refractivity (Wildman–Crippen MR) is 120 cm³/mol. The number of rotatable bonds is 5. The predicted octanol–water partition coefficient (Wildman–Crippen LogP) is 4.15. The van der Waals surface area contributed by atoms with E-state index in [0.29, 0.717) is 11.7 Å². The molecule has 0 saturated carbocycles. The molecule has 0 spiro atoms. The van der Waals surface area contributed by atoms with E-state index in [-0.39, 0.29) is 6.04 Å². The van der Waals surface area contributed by atoms with Crippen molar-refractivity contribution in [3.63, 3.8) is 0 Å². The SMILES string of the molecule is Cn1cc(CN2CCC[C@H]2c2nc(-c3ccc(-n4ccnc4)nc3)no2)c2ccccc21. The van der Waals surface area contributed by atoms with Crippen molar-refractivity contribution in [2.45, 2.75) is 25.4 Å². The zero-order chi connectivity index (χ0) is 21.5. The van der Waals surface area contributed by atoms with Gasteiger partial charge in [-0.25, -0.2) is 9.97 Å². The van der Waals surface area contributed by atoms with Crippen LogP contribution in [0.25, 0.3) is 28.1 Å². The van der Waals surface area contributed by atoms with Crippen molar-refractivity contribution in [2.24, 2.45) is 7.05 Å². The number of aryl methyl sites for hydroxylation is 1. The van der Waals surface area contributed by atoms with Crippen molar-refractivity contribution in [2.75, 3.05) is 6.54 Å². The monoisotopic (exact) mass is 425 g/mol. The molecule has 4 aromatic heterocycles. The minimum atomic E-state index is 0.133. The highest BCUT2D eigenvalue weighted by Crippen LogP contribution is 2.34. The van der Waals surface area contributed by atoms with Crippen molar-refractivity contribution >= 4 is 10.9 Å². The zero-order valence-corrected chi connectivity index (χ0v) is 17.8. The minimum absolute atomic E-state index is 0.133. The fourth-order valence-electron chi connectivity index (χ4n) is 4.62. The van der Waals surface area contributed by atoms with Crippen molar-refractivity contribution in [1.82, 2.24) is 34.1 Å². The molecule has 0 amide bonds. The highest BCUT2D eigenvalue weighted by Gasteiger charge is 2.31. The first kappa shape index (κ1) is 18.9. The third kappa shape index (κ3) is 3.29. The lowest BCUT2D eigenvalue weighted by Crippen LogP contribution is -2.22. The Kier molecular flexibility index (Phi) is 4.57. The number of aromatic nitrogens is 6. The van der Waals surface area contributed by atoms with Gasteiger partial charge in [0.2, 0.25) is 11.7 Å². The molecule has 1 aromatic carbocycles. The Balaban J connectivity index is 1.23. The Morgan fingerprint density at radius 2 is 2.09 bits per heavy atom. The van der Waals surface area contributed by atoms with Gasteiger partial charge in [-0.1, -0.05) is 23.4 Å². The fourth-order valence-corrected chi connectivity index (χ4v) is 4.62. The highest BCUT2D eigenvalue weighted by atomic mass is 16.5. The molecular formula is C24H23N7O. The number of pyridine rings is 1. The lowest BCUT2D eigenvalue weighted by molar-refractivity contribution is 0.201. The maximum atomic E-state index is 5.72. The second kappa shape index (κ2) is 7.72. The number of hydrogen-bond donors (Lipinski definition) is 0. The van der Waals surface area contributed by atoms with Gasteiger partial charge in [-0.2, -0.15) is 4.98 Å². The Bertz CT molecular complexity index is 1350. The van der Waals surface area contributed by atoms with E-state index in [2.05, 4.69) is 62.1 Å². The lowest BCUT2D eigenvalue weighted by atomic mass is 10.1. The van der Waals surface area contributed by atoms with E-state index in [1.807, 2.05) is 22.9 Å². The molecule has 1 fully saturated rings. The van der Waals surface area contributed by atoms with Gasteiger partial charge in [-0.3, -0.25) is 9.47 Å². The van der Waals surface area contributed by atoms with Gasteiger partial charge in [-0.05, 0) is 43.1 Å². The van der Waals surface area contributed by atoms with Gasteiger partial charge < -0.3 is 9.09 Å². The van der Waals surface area contributed by atoms with Gasteiger partial charge in [0.25, 0.3) is 0 Å². The summed E-state index contributed by atoms with van der Waals surface area (Å²) in [4.78, 5) is 15.7. The Morgan fingerprint density at radius 3 is 2.94 bits per heavy atom. The first-order valence-corrected chi connectivity index (χ1v) is 10.8. The van der Waals surface area contributed by atoms with E-state index in [9.17, 15) is 0 Å². The quantitative estimate of drug-likeness (QED) is 0.421. The van der Waals surface area contributed by atoms with Crippen LogP contribution in [-0.4, -0.2) is 40.7 Å². The van der Waals surface area contributed by atoms with Gasteiger partial charge in [0.05, 0.1) is 6.04 Å². The van der Waals surface area contributed by atoms with E-state index in [0.717, 1.165) is 37.3 Å². The normalized spacial score (nSPS) is 16.8. The number of nitrogens with zero attached hydrogens (tertiary/aromatic N) is 7.